The summed E-state index contributed by atoms with van der Waals surface area (Å²) in [5, 5.41) is 10.0. The number of thiophene rings is 1. The third-order valence-corrected chi connectivity index (χ3v) is 6.73. The minimum Gasteiger partial charge on any atom is -0.211 e. The van der Waals surface area contributed by atoms with E-state index in [0.717, 1.165) is 12.0 Å². The number of rotatable bonds is 3. The van der Waals surface area contributed by atoms with Crippen molar-refractivity contribution in [1.29, 1.82) is 5.26 Å². The van der Waals surface area contributed by atoms with Crippen molar-refractivity contribution in [2.45, 2.75) is 38.0 Å². The quantitative estimate of drug-likeness (QED) is 0.855. The molecule has 6 heteroatoms. The van der Waals surface area contributed by atoms with E-state index >= 15 is 0 Å². The number of sulfonamides is 1. The molecule has 2 unspecified atom stereocenters. The van der Waals surface area contributed by atoms with E-state index in [1.165, 1.54) is 9.18 Å². The second-order valence-electron chi connectivity index (χ2n) is 4.41. The number of hydrogen-bond donors (Lipinski definition) is 0. The Hall–Kier alpha value is -0.900. The van der Waals surface area contributed by atoms with E-state index in [4.69, 9.17) is 5.26 Å². The van der Waals surface area contributed by atoms with Crippen molar-refractivity contribution in [3.63, 3.8) is 0 Å². The first-order valence-corrected chi connectivity index (χ1v) is 8.37. The summed E-state index contributed by atoms with van der Waals surface area (Å²) in [6.45, 7) is 4.11. The predicted molar refractivity (Wildman–Crippen MR) is 71.8 cm³/mol. The van der Waals surface area contributed by atoms with Crippen LogP contribution in [0.5, 0.6) is 0 Å². The van der Waals surface area contributed by atoms with Crippen LogP contribution in [0.2, 0.25) is 0 Å². The van der Waals surface area contributed by atoms with E-state index in [-0.39, 0.29) is 6.04 Å². The summed E-state index contributed by atoms with van der Waals surface area (Å²) < 4.78 is 26.3. The Morgan fingerprint density at radius 1 is 1.67 bits per heavy atom. The smallest absolute Gasteiger partial charge is 0.211 e. The second-order valence-corrected chi connectivity index (χ2v) is 7.48. The number of fused-ring (bicyclic) bond motifs is 1. The van der Waals surface area contributed by atoms with Gasteiger partial charge in [0.05, 0.1) is 6.07 Å². The van der Waals surface area contributed by atoms with Gasteiger partial charge in [0.25, 0.3) is 0 Å². The highest BCUT2D eigenvalue weighted by atomic mass is 32.2. The Morgan fingerprint density at radius 2 is 2.39 bits per heavy atom. The average molecular weight is 284 g/mol. The first-order chi connectivity index (χ1) is 8.52. The van der Waals surface area contributed by atoms with Crippen LogP contribution in [0.1, 0.15) is 36.8 Å². The molecule has 0 saturated carbocycles. The standard InChI is InChI=1S/C12H16N2O2S2/c1-3-10(8-13)18(15,16)14-6-4-12-11(9(14)2)5-7-17-12/h5,7,9-10H,3-4,6H2,1-2H3. The molecule has 0 spiro atoms. The summed E-state index contributed by atoms with van der Waals surface area (Å²) in [4.78, 5) is 1.26. The molecule has 0 fully saturated rings. The topological polar surface area (TPSA) is 61.2 Å². The molecule has 2 atom stereocenters. The fourth-order valence-corrected chi connectivity index (χ4v) is 5.11. The van der Waals surface area contributed by atoms with Gasteiger partial charge < -0.3 is 0 Å². The van der Waals surface area contributed by atoms with Crippen LogP contribution in [-0.4, -0.2) is 24.5 Å². The Morgan fingerprint density at radius 3 is 3.00 bits per heavy atom. The minimum atomic E-state index is -3.52. The lowest BCUT2D eigenvalue weighted by Gasteiger charge is -2.33. The molecule has 0 aromatic carbocycles. The zero-order valence-electron chi connectivity index (χ0n) is 10.5. The molecule has 0 bridgehead atoms. The largest absolute Gasteiger partial charge is 0.231 e. The summed E-state index contributed by atoms with van der Waals surface area (Å²) in [6, 6.07) is 3.73. The summed E-state index contributed by atoms with van der Waals surface area (Å²) in [7, 11) is -3.52. The molecule has 0 N–H and O–H groups in total. The van der Waals surface area contributed by atoms with Crippen LogP contribution in [0.15, 0.2) is 11.4 Å². The van der Waals surface area contributed by atoms with Crippen molar-refractivity contribution < 1.29 is 8.42 Å². The number of nitrogens with zero attached hydrogens (tertiary/aromatic N) is 2. The third kappa shape index (κ3) is 2.07. The highest BCUT2D eigenvalue weighted by molar-refractivity contribution is 7.90. The molecule has 98 valence electrons. The maximum absolute atomic E-state index is 12.4. The highest BCUT2D eigenvalue weighted by Crippen LogP contribution is 2.35. The van der Waals surface area contributed by atoms with Crippen LogP contribution < -0.4 is 0 Å². The SMILES string of the molecule is CCC(C#N)S(=O)(=O)N1CCc2sccc2C1C. The Balaban J connectivity index is 2.35. The Labute approximate surface area is 112 Å². The molecule has 0 aliphatic carbocycles. The molecule has 4 nitrogen and oxygen atoms in total. The Kier molecular flexibility index (Phi) is 3.76. The molecule has 1 aliphatic heterocycles. The van der Waals surface area contributed by atoms with Crippen molar-refractivity contribution in [2.24, 2.45) is 0 Å². The average Bonchev–Trinajstić information content (AvgIpc) is 2.79. The third-order valence-electron chi connectivity index (χ3n) is 3.42. The van der Waals surface area contributed by atoms with Crippen molar-refractivity contribution >= 4 is 21.4 Å². The van der Waals surface area contributed by atoms with Crippen LogP contribution in [0.25, 0.3) is 0 Å². The summed E-state index contributed by atoms with van der Waals surface area (Å²) in [5.41, 5.74) is 1.09. The monoisotopic (exact) mass is 284 g/mol. The van der Waals surface area contributed by atoms with Gasteiger partial charge in [-0.05, 0) is 36.8 Å². The van der Waals surface area contributed by atoms with Gasteiger partial charge in [0.1, 0.15) is 0 Å². The normalized spacial score (nSPS) is 22.2. The fraction of sp³-hybridized carbons (Fsp3) is 0.583. The van der Waals surface area contributed by atoms with Gasteiger partial charge >= 0.3 is 0 Å². The summed E-state index contributed by atoms with van der Waals surface area (Å²) in [5.74, 6) is 0. The van der Waals surface area contributed by atoms with E-state index in [0.29, 0.717) is 13.0 Å². The van der Waals surface area contributed by atoms with E-state index in [1.54, 1.807) is 18.3 Å². The molecule has 1 aromatic rings. The maximum Gasteiger partial charge on any atom is 0.231 e. The molecule has 0 radical (unpaired) electrons. The first kappa shape index (κ1) is 13.5. The van der Waals surface area contributed by atoms with Crippen molar-refractivity contribution in [2.75, 3.05) is 6.54 Å². The molecule has 0 saturated heterocycles. The van der Waals surface area contributed by atoms with Gasteiger partial charge in [-0.3, -0.25) is 0 Å². The Bertz CT molecular complexity index is 571. The minimum absolute atomic E-state index is 0.160. The number of hydrogen-bond acceptors (Lipinski definition) is 4. The maximum atomic E-state index is 12.4. The summed E-state index contributed by atoms with van der Waals surface area (Å²) >= 11 is 1.68. The molecule has 2 heterocycles. The first-order valence-electron chi connectivity index (χ1n) is 5.99. The van der Waals surface area contributed by atoms with Gasteiger partial charge in [0.15, 0.2) is 5.25 Å². The molecule has 1 aliphatic rings. The second kappa shape index (κ2) is 5.00. The van der Waals surface area contributed by atoms with E-state index in [2.05, 4.69) is 0 Å². The molecule has 1 aromatic heterocycles. The highest BCUT2D eigenvalue weighted by Gasteiger charge is 2.37. The van der Waals surface area contributed by atoms with Crippen LogP contribution in [0.4, 0.5) is 0 Å². The van der Waals surface area contributed by atoms with Crippen LogP contribution in [0.3, 0.4) is 0 Å². The lowest BCUT2D eigenvalue weighted by Crippen LogP contribution is -2.42. The molecular weight excluding hydrogens is 268 g/mol. The van der Waals surface area contributed by atoms with Crippen LogP contribution in [0, 0.1) is 11.3 Å². The van der Waals surface area contributed by atoms with Gasteiger partial charge in [-0.2, -0.15) is 9.57 Å². The van der Waals surface area contributed by atoms with Gasteiger partial charge in [-0.15, -0.1) is 11.3 Å². The van der Waals surface area contributed by atoms with Crippen LogP contribution in [-0.2, 0) is 16.4 Å². The van der Waals surface area contributed by atoms with Crippen molar-refractivity contribution in [3.8, 4) is 6.07 Å². The van der Waals surface area contributed by atoms with Crippen LogP contribution >= 0.6 is 11.3 Å². The van der Waals surface area contributed by atoms with E-state index in [1.807, 2.05) is 24.4 Å². The van der Waals surface area contributed by atoms with Crippen molar-refractivity contribution in [1.82, 2.24) is 4.31 Å². The van der Waals surface area contributed by atoms with Gasteiger partial charge in [-0.25, -0.2) is 8.42 Å². The predicted octanol–water partition coefficient (Wildman–Crippen LogP) is 2.30. The van der Waals surface area contributed by atoms with Gasteiger partial charge in [0.2, 0.25) is 10.0 Å². The van der Waals surface area contributed by atoms with Gasteiger partial charge in [-0.1, -0.05) is 6.92 Å². The zero-order chi connectivity index (χ0) is 13.3. The lowest BCUT2D eigenvalue weighted by atomic mass is 10.0. The van der Waals surface area contributed by atoms with E-state index in [9.17, 15) is 8.42 Å². The fourth-order valence-electron chi connectivity index (χ4n) is 2.37. The molecule has 0 amide bonds. The van der Waals surface area contributed by atoms with Crippen molar-refractivity contribution in [3.05, 3.63) is 21.9 Å². The van der Waals surface area contributed by atoms with E-state index < -0.39 is 15.3 Å². The number of nitriles is 1. The molecule has 2 rings (SSSR count). The zero-order valence-corrected chi connectivity index (χ0v) is 12.1. The summed E-state index contributed by atoms with van der Waals surface area (Å²) in [6.07, 6.45) is 1.08. The van der Waals surface area contributed by atoms with Gasteiger partial charge in [0, 0.05) is 17.5 Å². The molecule has 18 heavy (non-hydrogen) atoms. The molecular formula is C12H16N2O2S2. The lowest BCUT2D eigenvalue weighted by molar-refractivity contribution is 0.326.